The minimum atomic E-state index is 0.780. The first-order chi connectivity index (χ1) is 8.24. The van der Waals surface area contributed by atoms with Crippen LogP contribution in [0.15, 0.2) is 0 Å². The molecule has 0 rings (SSSR count). The molecule has 0 amide bonds. The van der Waals surface area contributed by atoms with Crippen molar-refractivity contribution in [2.45, 2.75) is 91.5 Å². The quantitative estimate of drug-likeness (QED) is 0.466. The molecule has 1 N–H and O–H groups in total. The molecule has 1 heteroatoms. The van der Waals surface area contributed by atoms with Crippen molar-refractivity contribution in [1.82, 2.24) is 5.32 Å². The predicted molar refractivity (Wildman–Crippen MR) is 79.5 cm³/mol. The second-order valence-electron chi connectivity index (χ2n) is 5.61. The zero-order chi connectivity index (χ0) is 12.9. The van der Waals surface area contributed by atoms with Crippen LogP contribution in [0.4, 0.5) is 0 Å². The van der Waals surface area contributed by atoms with Crippen LogP contribution in [-0.2, 0) is 0 Å². The summed E-state index contributed by atoms with van der Waals surface area (Å²) < 4.78 is 0. The van der Waals surface area contributed by atoms with Crippen LogP contribution in [0.1, 0.15) is 85.5 Å². The highest BCUT2D eigenvalue weighted by atomic mass is 14.9. The molecule has 0 aliphatic rings. The first-order valence-corrected chi connectivity index (χ1v) is 7.97. The van der Waals surface area contributed by atoms with E-state index >= 15 is 0 Å². The standard InChI is InChI=1S/C16H35N/c1-5-8-10-12-16(13-11-9-6-2)17-14-15(4)7-3/h15-17H,5-14H2,1-4H3. The lowest BCUT2D eigenvalue weighted by Gasteiger charge is -2.21. The third-order valence-corrected chi connectivity index (χ3v) is 3.76. The fourth-order valence-electron chi connectivity index (χ4n) is 2.14. The molecule has 0 saturated carbocycles. The lowest BCUT2D eigenvalue weighted by molar-refractivity contribution is 0.383. The van der Waals surface area contributed by atoms with Crippen LogP contribution >= 0.6 is 0 Å². The zero-order valence-electron chi connectivity index (χ0n) is 12.7. The van der Waals surface area contributed by atoms with Gasteiger partial charge in [-0.3, -0.25) is 0 Å². The van der Waals surface area contributed by atoms with Gasteiger partial charge in [-0.1, -0.05) is 72.6 Å². The smallest absolute Gasteiger partial charge is 0.00671 e. The topological polar surface area (TPSA) is 12.0 Å². The van der Waals surface area contributed by atoms with Gasteiger partial charge in [0.2, 0.25) is 0 Å². The Morgan fingerprint density at radius 3 is 1.76 bits per heavy atom. The first kappa shape index (κ1) is 17.0. The van der Waals surface area contributed by atoms with Gasteiger partial charge in [0.1, 0.15) is 0 Å². The number of hydrogen-bond acceptors (Lipinski definition) is 1. The summed E-state index contributed by atoms with van der Waals surface area (Å²) in [4.78, 5) is 0. The van der Waals surface area contributed by atoms with Crippen LogP contribution in [0.2, 0.25) is 0 Å². The molecule has 1 unspecified atom stereocenters. The zero-order valence-corrected chi connectivity index (χ0v) is 12.7. The lowest BCUT2D eigenvalue weighted by atomic mass is 10.0. The molecule has 1 nitrogen and oxygen atoms in total. The Morgan fingerprint density at radius 2 is 1.35 bits per heavy atom. The summed E-state index contributed by atoms with van der Waals surface area (Å²) in [6.45, 7) is 10.4. The van der Waals surface area contributed by atoms with Crippen LogP contribution in [0.25, 0.3) is 0 Å². The van der Waals surface area contributed by atoms with Gasteiger partial charge in [-0.25, -0.2) is 0 Å². The van der Waals surface area contributed by atoms with Crippen molar-refractivity contribution in [3.8, 4) is 0 Å². The molecule has 0 radical (unpaired) electrons. The highest BCUT2D eigenvalue weighted by Gasteiger charge is 2.08. The molecule has 0 saturated heterocycles. The van der Waals surface area contributed by atoms with Gasteiger partial charge in [0.25, 0.3) is 0 Å². The summed E-state index contributed by atoms with van der Waals surface area (Å²) in [6, 6.07) is 0.780. The van der Waals surface area contributed by atoms with E-state index in [-0.39, 0.29) is 0 Å². The summed E-state index contributed by atoms with van der Waals surface area (Å²) in [5.74, 6) is 0.829. The molecule has 0 aromatic carbocycles. The summed E-state index contributed by atoms with van der Waals surface area (Å²) in [7, 11) is 0. The van der Waals surface area contributed by atoms with E-state index in [1.54, 1.807) is 0 Å². The fraction of sp³-hybridized carbons (Fsp3) is 1.00. The summed E-state index contributed by atoms with van der Waals surface area (Å²) in [5, 5.41) is 3.79. The lowest BCUT2D eigenvalue weighted by Crippen LogP contribution is -2.32. The second kappa shape index (κ2) is 12.4. The van der Waals surface area contributed by atoms with Crippen LogP contribution in [-0.4, -0.2) is 12.6 Å². The van der Waals surface area contributed by atoms with Crippen molar-refractivity contribution in [3.63, 3.8) is 0 Å². The van der Waals surface area contributed by atoms with E-state index in [1.165, 1.54) is 64.3 Å². The molecular weight excluding hydrogens is 206 g/mol. The van der Waals surface area contributed by atoms with Gasteiger partial charge in [0.05, 0.1) is 0 Å². The van der Waals surface area contributed by atoms with Crippen molar-refractivity contribution >= 4 is 0 Å². The molecule has 0 heterocycles. The maximum Gasteiger partial charge on any atom is 0.00671 e. The van der Waals surface area contributed by atoms with E-state index in [1.807, 2.05) is 0 Å². The Labute approximate surface area is 110 Å². The SMILES string of the molecule is CCCCCC(CCCCC)NCC(C)CC. The number of rotatable bonds is 12. The van der Waals surface area contributed by atoms with E-state index in [9.17, 15) is 0 Å². The molecule has 17 heavy (non-hydrogen) atoms. The van der Waals surface area contributed by atoms with Crippen molar-refractivity contribution in [2.24, 2.45) is 5.92 Å². The summed E-state index contributed by atoms with van der Waals surface area (Å²) >= 11 is 0. The highest BCUT2D eigenvalue weighted by Crippen LogP contribution is 2.12. The fourth-order valence-corrected chi connectivity index (χ4v) is 2.14. The second-order valence-corrected chi connectivity index (χ2v) is 5.61. The van der Waals surface area contributed by atoms with Crippen LogP contribution in [0.5, 0.6) is 0 Å². The van der Waals surface area contributed by atoms with E-state index in [4.69, 9.17) is 0 Å². The van der Waals surface area contributed by atoms with Gasteiger partial charge in [-0.15, -0.1) is 0 Å². The Morgan fingerprint density at radius 1 is 0.824 bits per heavy atom. The van der Waals surface area contributed by atoms with E-state index < -0.39 is 0 Å². The van der Waals surface area contributed by atoms with Crippen molar-refractivity contribution in [3.05, 3.63) is 0 Å². The van der Waals surface area contributed by atoms with Crippen molar-refractivity contribution < 1.29 is 0 Å². The Balaban J connectivity index is 3.75. The minimum Gasteiger partial charge on any atom is -0.314 e. The van der Waals surface area contributed by atoms with Gasteiger partial charge in [-0.2, -0.15) is 0 Å². The molecule has 0 aliphatic heterocycles. The van der Waals surface area contributed by atoms with Gasteiger partial charge in [-0.05, 0) is 25.3 Å². The van der Waals surface area contributed by atoms with Gasteiger partial charge in [0, 0.05) is 6.04 Å². The number of hydrogen-bond donors (Lipinski definition) is 1. The minimum absolute atomic E-state index is 0.780. The Bertz CT molecular complexity index is 134. The molecule has 0 aromatic heterocycles. The maximum atomic E-state index is 3.79. The average molecular weight is 241 g/mol. The Kier molecular flexibility index (Phi) is 12.4. The molecule has 0 fully saturated rings. The third kappa shape index (κ3) is 10.8. The van der Waals surface area contributed by atoms with E-state index in [0.717, 1.165) is 12.0 Å². The summed E-state index contributed by atoms with van der Waals surface area (Å²) in [6.07, 6.45) is 12.3. The predicted octanol–water partition coefficient (Wildman–Crippen LogP) is 5.15. The Hall–Kier alpha value is -0.0400. The van der Waals surface area contributed by atoms with Crippen LogP contribution < -0.4 is 5.32 Å². The average Bonchev–Trinajstić information content (AvgIpc) is 2.35. The molecule has 1 atom stereocenters. The van der Waals surface area contributed by atoms with Gasteiger partial charge in [0.15, 0.2) is 0 Å². The number of nitrogens with one attached hydrogen (secondary N) is 1. The van der Waals surface area contributed by atoms with E-state index in [2.05, 4.69) is 33.0 Å². The highest BCUT2D eigenvalue weighted by molar-refractivity contribution is 4.68. The maximum absolute atomic E-state index is 3.79. The molecule has 0 spiro atoms. The number of unbranched alkanes of at least 4 members (excludes halogenated alkanes) is 4. The van der Waals surface area contributed by atoms with E-state index in [0.29, 0.717) is 0 Å². The molecule has 104 valence electrons. The molecule has 0 aromatic rings. The monoisotopic (exact) mass is 241 g/mol. The van der Waals surface area contributed by atoms with Crippen molar-refractivity contribution in [1.29, 1.82) is 0 Å². The van der Waals surface area contributed by atoms with Crippen LogP contribution in [0.3, 0.4) is 0 Å². The molecule has 0 bridgehead atoms. The normalized spacial score (nSPS) is 13.2. The van der Waals surface area contributed by atoms with Gasteiger partial charge < -0.3 is 5.32 Å². The summed E-state index contributed by atoms with van der Waals surface area (Å²) in [5.41, 5.74) is 0. The van der Waals surface area contributed by atoms with Crippen LogP contribution in [0, 0.1) is 5.92 Å². The third-order valence-electron chi connectivity index (χ3n) is 3.76. The van der Waals surface area contributed by atoms with Crippen molar-refractivity contribution in [2.75, 3.05) is 6.54 Å². The van der Waals surface area contributed by atoms with Gasteiger partial charge >= 0.3 is 0 Å². The largest absolute Gasteiger partial charge is 0.314 e. The molecule has 0 aliphatic carbocycles. The molecular formula is C16H35N. The first-order valence-electron chi connectivity index (χ1n) is 7.97.